The first-order valence-corrected chi connectivity index (χ1v) is 10.8. The molecule has 1 fully saturated rings. The predicted octanol–water partition coefficient (Wildman–Crippen LogP) is 5.63. The van der Waals surface area contributed by atoms with Crippen LogP contribution in [0.5, 0.6) is 0 Å². The van der Waals surface area contributed by atoms with Gasteiger partial charge in [-0.05, 0) is 74.1 Å². The molecule has 1 N–H and O–H groups in total. The Labute approximate surface area is 182 Å². The molecule has 1 aromatic heterocycles. The van der Waals surface area contributed by atoms with Crippen LogP contribution in [0.15, 0.2) is 48.8 Å². The zero-order valence-electron chi connectivity index (χ0n) is 17.8. The Balaban J connectivity index is 1.78. The second kappa shape index (κ2) is 7.88. The third-order valence-corrected chi connectivity index (χ3v) is 6.01. The van der Waals surface area contributed by atoms with E-state index in [2.05, 4.69) is 49.3 Å². The fourth-order valence-electron chi connectivity index (χ4n) is 3.80. The molecule has 6 heteroatoms. The van der Waals surface area contributed by atoms with E-state index >= 15 is 0 Å². The van der Waals surface area contributed by atoms with E-state index in [1.807, 2.05) is 41.0 Å². The van der Waals surface area contributed by atoms with Crippen molar-refractivity contribution in [2.45, 2.75) is 52.0 Å². The standard InChI is InChI=1S/C24H27ClN4O/c1-15(2)22-28-26-14-29(22)21-12-17(16-5-9-20(25)10-6-16)11-18(13-21)23(30)27-24(3,4)19-7-8-19/h5-6,9-15,19H,7-8H2,1-4H3,(H,27,30). The van der Waals surface area contributed by atoms with Crippen molar-refractivity contribution in [2.24, 2.45) is 5.92 Å². The van der Waals surface area contributed by atoms with Crippen molar-refractivity contribution in [3.05, 3.63) is 65.2 Å². The summed E-state index contributed by atoms with van der Waals surface area (Å²) < 4.78 is 1.95. The SMILES string of the molecule is CC(C)c1nncn1-c1cc(C(=O)NC(C)(C)C2CC2)cc(-c2ccc(Cl)cc2)c1. The molecule has 0 radical (unpaired) electrons. The summed E-state index contributed by atoms with van der Waals surface area (Å²) in [5.74, 6) is 1.54. The highest BCUT2D eigenvalue weighted by Gasteiger charge is 2.38. The van der Waals surface area contributed by atoms with Gasteiger partial charge in [-0.1, -0.05) is 37.6 Å². The van der Waals surface area contributed by atoms with Crippen molar-refractivity contribution >= 4 is 17.5 Å². The molecule has 30 heavy (non-hydrogen) atoms. The van der Waals surface area contributed by atoms with Crippen LogP contribution in [0.2, 0.25) is 5.02 Å². The molecule has 1 amide bonds. The van der Waals surface area contributed by atoms with Gasteiger partial charge in [0.1, 0.15) is 12.2 Å². The summed E-state index contributed by atoms with van der Waals surface area (Å²) in [5, 5.41) is 12.3. The largest absolute Gasteiger partial charge is 0.347 e. The highest BCUT2D eigenvalue weighted by molar-refractivity contribution is 6.30. The van der Waals surface area contributed by atoms with Crippen LogP contribution < -0.4 is 5.32 Å². The average Bonchev–Trinajstić information content (AvgIpc) is 3.45. The summed E-state index contributed by atoms with van der Waals surface area (Å²) in [4.78, 5) is 13.2. The number of amides is 1. The van der Waals surface area contributed by atoms with Gasteiger partial charge in [-0.25, -0.2) is 0 Å². The molecule has 4 rings (SSSR count). The average molecular weight is 423 g/mol. The summed E-state index contributed by atoms with van der Waals surface area (Å²) in [5.41, 5.74) is 3.21. The van der Waals surface area contributed by atoms with Gasteiger partial charge in [-0.3, -0.25) is 9.36 Å². The molecule has 0 aliphatic heterocycles. The van der Waals surface area contributed by atoms with Crippen LogP contribution in [-0.2, 0) is 0 Å². The number of aromatic nitrogens is 3. The number of nitrogens with zero attached hydrogens (tertiary/aromatic N) is 3. The molecular formula is C24H27ClN4O. The first-order valence-electron chi connectivity index (χ1n) is 10.4. The first kappa shape index (κ1) is 20.6. The van der Waals surface area contributed by atoms with Crippen LogP contribution in [0.4, 0.5) is 0 Å². The Morgan fingerprint density at radius 2 is 1.83 bits per heavy atom. The van der Waals surface area contributed by atoms with E-state index < -0.39 is 0 Å². The van der Waals surface area contributed by atoms with Gasteiger partial charge in [0, 0.05) is 27.7 Å². The highest BCUT2D eigenvalue weighted by atomic mass is 35.5. The molecule has 156 valence electrons. The van der Waals surface area contributed by atoms with Crippen molar-refractivity contribution < 1.29 is 4.79 Å². The quantitative estimate of drug-likeness (QED) is 0.560. The molecule has 0 saturated heterocycles. The predicted molar refractivity (Wildman–Crippen MR) is 120 cm³/mol. The topological polar surface area (TPSA) is 59.8 Å². The van der Waals surface area contributed by atoms with E-state index in [-0.39, 0.29) is 17.4 Å². The van der Waals surface area contributed by atoms with Gasteiger partial charge in [0.15, 0.2) is 0 Å². The van der Waals surface area contributed by atoms with Crippen LogP contribution in [0, 0.1) is 5.92 Å². The summed E-state index contributed by atoms with van der Waals surface area (Å²) >= 11 is 6.07. The van der Waals surface area contributed by atoms with Crippen LogP contribution in [0.3, 0.4) is 0 Å². The summed E-state index contributed by atoms with van der Waals surface area (Å²) in [7, 11) is 0. The molecule has 1 heterocycles. The molecule has 0 atom stereocenters. The third kappa shape index (κ3) is 4.26. The molecule has 3 aromatic rings. The number of carbonyl (C=O) groups is 1. The molecule has 0 unspecified atom stereocenters. The van der Waals surface area contributed by atoms with Crippen molar-refractivity contribution in [3.8, 4) is 16.8 Å². The molecular weight excluding hydrogens is 396 g/mol. The van der Waals surface area contributed by atoms with Crippen LogP contribution in [-0.4, -0.2) is 26.2 Å². The zero-order chi connectivity index (χ0) is 21.5. The number of benzene rings is 2. The molecule has 2 aromatic carbocycles. The summed E-state index contributed by atoms with van der Waals surface area (Å²) in [6, 6.07) is 13.5. The van der Waals surface area contributed by atoms with Gasteiger partial charge in [-0.2, -0.15) is 0 Å². The first-order chi connectivity index (χ1) is 14.2. The highest BCUT2D eigenvalue weighted by Crippen LogP contribution is 2.39. The fraction of sp³-hybridized carbons (Fsp3) is 0.375. The van der Waals surface area contributed by atoms with Gasteiger partial charge in [0.2, 0.25) is 0 Å². The van der Waals surface area contributed by atoms with Gasteiger partial charge in [-0.15, -0.1) is 10.2 Å². The van der Waals surface area contributed by atoms with Crippen molar-refractivity contribution in [3.63, 3.8) is 0 Å². The number of rotatable bonds is 6. The van der Waals surface area contributed by atoms with Crippen LogP contribution in [0.25, 0.3) is 16.8 Å². The Morgan fingerprint density at radius 3 is 2.47 bits per heavy atom. The van der Waals surface area contributed by atoms with E-state index in [0.717, 1.165) is 22.6 Å². The molecule has 1 saturated carbocycles. The van der Waals surface area contributed by atoms with E-state index in [0.29, 0.717) is 16.5 Å². The minimum Gasteiger partial charge on any atom is -0.347 e. The van der Waals surface area contributed by atoms with Gasteiger partial charge >= 0.3 is 0 Å². The molecule has 0 spiro atoms. The van der Waals surface area contributed by atoms with E-state index in [1.54, 1.807) is 6.33 Å². The Morgan fingerprint density at radius 1 is 1.13 bits per heavy atom. The lowest BCUT2D eigenvalue weighted by Crippen LogP contribution is -2.45. The van der Waals surface area contributed by atoms with E-state index in [4.69, 9.17) is 11.6 Å². The second-order valence-corrected chi connectivity index (χ2v) is 9.38. The molecule has 5 nitrogen and oxygen atoms in total. The summed E-state index contributed by atoms with van der Waals surface area (Å²) in [6.07, 6.45) is 4.04. The maximum atomic E-state index is 13.2. The van der Waals surface area contributed by atoms with E-state index in [1.165, 1.54) is 12.8 Å². The number of halogens is 1. The second-order valence-electron chi connectivity index (χ2n) is 8.94. The van der Waals surface area contributed by atoms with E-state index in [9.17, 15) is 4.79 Å². The maximum absolute atomic E-state index is 13.2. The Hall–Kier alpha value is -2.66. The molecule has 1 aliphatic carbocycles. The van der Waals surface area contributed by atoms with Gasteiger partial charge in [0.25, 0.3) is 5.91 Å². The number of hydrogen-bond donors (Lipinski definition) is 1. The zero-order valence-corrected chi connectivity index (χ0v) is 18.6. The Bertz CT molecular complexity index is 1070. The fourth-order valence-corrected chi connectivity index (χ4v) is 3.92. The van der Waals surface area contributed by atoms with Gasteiger partial charge < -0.3 is 5.32 Å². The smallest absolute Gasteiger partial charge is 0.251 e. The minimum absolute atomic E-state index is 0.0665. The maximum Gasteiger partial charge on any atom is 0.251 e. The van der Waals surface area contributed by atoms with Gasteiger partial charge in [0.05, 0.1) is 0 Å². The van der Waals surface area contributed by atoms with Crippen molar-refractivity contribution in [1.29, 1.82) is 0 Å². The monoisotopic (exact) mass is 422 g/mol. The normalized spacial score (nSPS) is 14.2. The number of carbonyl (C=O) groups excluding carboxylic acids is 1. The third-order valence-electron chi connectivity index (χ3n) is 5.76. The molecule has 0 bridgehead atoms. The molecule has 1 aliphatic rings. The lowest BCUT2D eigenvalue weighted by atomic mass is 9.97. The lowest BCUT2D eigenvalue weighted by molar-refractivity contribution is 0.0903. The number of nitrogens with one attached hydrogen (secondary N) is 1. The van der Waals surface area contributed by atoms with Crippen molar-refractivity contribution in [1.82, 2.24) is 20.1 Å². The van der Waals surface area contributed by atoms with Crippen LogP contribution in [0.1, 0.15) is 62.6 Å². The lowest BCUT2D eigenvalue weighted by Gasteiger charge is -2.26. The Kier molecular flexibility index (Phi) is 5.41. The summed E-state index contributed by atoms with van der Waals surface area (Å²) in [6.45, 7) is 8.36. The number of hydrogen-bond acceptors (Lipinski definition) is 3. The minimum atomic E-state index is -0.215. The van der Waals surface area contributed by atoms with Crippen LogP contribution >= 0.6 is 11.6 Å². The van der Waals surface area contributed by atoms with Crippen molar-refractivity contribution in [2.75, 3.05) is 0 Å².